The van der Waals surface area contributed by atoms with Crippen molar-refractivity contribution in [2.24, 2.45) is 0 Å². The number of anilines is 2. The molecule has 0 radical (unpaired) electrons. The zero-order chi connectivity index (χ0) is 12.8. The maximum absolute atomic E-state index is 11.5. The highest BCUT2D eigenvalue weighted by atomic mass is 32.2. The molecule has 0 aliphatic carbocycles. The summed E-state index contributed by atoms with van der Waals surface area (Å²) < 4.78 is 35.5. The first-order chi connectivity index (χ1) is 7.84. The van der Waals surface area contributed by atoms with Gasteiger partial charge in [-0.25, -0.2) is 4.79 Å². The van der Waals surface area contributed by atoms with Crippen molar-refractivity contribution in [3.05, 3.63) is 9.75 Å². The summed E-state index contributed by atoms with van der Waals surface area (Å²) >= 11 is 1.19. The molecule has 9 heteroatoms. The van der Waals surface area contributed by atoms with Gasteiger partial charge in [0.15, 0.2) is 0 Å². The van der Waals surface area contributed by atoms with Crippen LogP contribution in [0.1, 0.15) is 14.5 Å². The number of fused-ring (bicyclic) bond motifs is 1. The molecular weight excluding hydrogens is 268 g/mol. The second kappa shape index (κ2) is 3.86. The van der Waals surface area contributed by atoms with Crippen molar-refractivity contribution in [3.63, 3.8) is 0 Å². The molecule has 0 saturated carbocycles. The van der Waals surface area contributed by atoms with Crippen LogP contribution in [0.25, 0.3) is 0 Å². The number of carbonyl (C=O) groups is 1. The van der Waals surface area contributed by atoms with E-state index in [0.29, 0.717) is 11.4 Å². The lowest BCUT2D eigenvalue weighted by molar-refractivity contribution is 0.0607. The summed E-state index contributed by atoms with van der Waals surface area (Å²) in [4.78, 5) is 12.5. The predicted molar refractivity (Wildman–Crippen MR) is 63.0 cm³/mol. The number of thiophene rings is 1. The molecule has 2 heterocycles. The molecule has 1 atom stereocenters. The Bertz CT molecular complexity index is 577. The monoisotopic (exact) mass is 278 g/mol. The Morgan fingerprint density at radius 3 is 2.53 bits per heavy atom. The van der Waals surface area contributed by atoms with Crippen molar-refractivity contribution in [1.82, 2.24) is 0 Å². The molecule has 0 aromatic carbocycles. The fraction of sp³-hybridized carbons (Fsp3) is 0.375. The van der Waals surface area contributed by atoms with Crippen LogP contribution in [0.3, 0.4) is 0 Å². The van der Waals surface area contributed by atoms with Crippen LogP contribution in [0, 0.1) is 6.92 Å². The number of ether oxygens (including phenoxy) is 1. The highest BCUT2D eigenvalue weighted by Gasteiger charge is 2.35. The van der Waals surface area contributed by atoms with Gasteiger partial charge in [-0.1, -0.05) is 0 Å². The van der Waals surface area contributed by atoms with Crippen LogP contribution in [-0.2, 0) is 14.9 Å². The molecule has 1 aliphatic rings. The molecule has 1 unspecified atom stereocenters. The zero-order valence-electron chi connectivity index (χ0n) is 8.97. The highest BCUT2D eigenvalue weighted by Crippen LogP contribution is 2.42. The second-order valence-electron chi connectivity index (χ2n) is 3.41. The number of nitrogens with one attached hydrogen (secondary N) is 2. The van der Waals surface area contributed by atoms with Crippen molar-refractivity contribution in [2.45, 2.75) is 12.4 Å². The normalized spacial score (nSPS) is 18.2. The fourth-order valence-corrected chi connectivity index (χ4v) is 3.07. The fourth-order valence-electron chi connectivity index (χ4n) is 1.54. The van der Waals surface area contributed by atoms with Crippen LogP contribution in [0.2, 0.25) is 0 Å². The maximum atomic E-state index is 11.5. The van der Waals surface area contributed by atoms with E-state index < -0.39 is 21.6 Å². The van der Waals surface area contributed by atoms with Gasteiger partial charge in [-0.3, -0.25) is 4.55 Å². The second-order valence-corrected chi connectivity index (χ2v) is 6.14. The van der Waals surface area contributed by atoms with Crippen LogP contribution in [0.4, 0.5) is 11.4 Å². The van der Waals surface area contributed by atoms with Gasteiger partial charge in [0, 0.05) is 4.88 Å². The molecule has 2 rings (SSSR count). The largest absolute Gasteiger partial charge is 0.465 e. The molecule has 3 N–H and O–H groups in total. The number of rotatable bonds is 2. The lowest BCUT2D eigenvalue weighted by Gasteiger charge is -2.09. The molecule has 0 saturated heterocycles. The first kappa shape index (κ1) is 12.1. The van der Waals surface area contributed by atoms with Gasteiger partial charge in [0.2, 0.25) is 5.50 Å². The first-order valence-corrected chi connectivity index (χ1v) is 6.87. The number of methoxy groups -OCH3 is 1. The Morgan fingerprint density at radius 1 is 1.41 bits per heavy atom. The highest BCUT2D eigenvalue weighted by molar-refractivity contribution is 7.86. The van der Waals surface area contributed by atoms with Crippen LogP contribution in [0.15, 0.2) is 0 Å². The van der Waals surface area contributed by atoms with E-state index in [0.717, 1.165) is 4.88 Å². The molecule has 0 bridgehead atoms. The summed E-state index contributed by atoms with van der Waals surface area (Å²) in [6.07, 6.45) is 0. The molecular formula is C8H10N2O5S2. The minimum atomic E-state index is -4.28. The molecule has 0 fully saturated rings. The summed E-state index contributed by atoms with van der Waals surface area (Å²) in [6, 6.07) is 0. The number of hydrogen-bond donors (Lipinski definition) is 3. The minimum absolute atomic E-state index is 0.277. The van der Waals surface area contributed by atoms with E-state index in [1.807, 2.05) is 0 Å². The summed E-state index contributed by atoms with van der Waals surface area (Å²) in [5, 5.41) is 5.14. The molecule has 0 spiro atoms. The van der Waals surface area contributed by atoms with Crippen LogP contribution in [0.5, 0.6) is 0 Å². The van der Waals surface area contributed by atoms with Crippen LogP contribution in [-0.4, -0.2) is 31.5 Å². The quantitative estimate of drug-likeness (QED) is 0.544. The van der Waals surface area contributed by atoms with Crippen molar-refractivity contribution in [1.29, 1.82) is 0 Å². The van der Waals surface area contributed by atoms with E-state index in [4.69, 9.17) is 4.55 Å². The number of aryl methyl sites for hydroxylation is 1. The van der Waals surface area contributed by atoms with Crippen molar-refractivity contribution < 1.29 is 22.5 Å². The van der Waals surface area contributed by atoms with Crippen LogP contribution < -0.4 is 10.6 Å². The van der Waals surface area contributed by atoms with Crippen molar-refractivity contribution in [3.8, 4) is 0 Å². The first-order valence-electron chi connectivity index (χ1n) is 4.55. The van der Waals surface area contributed by atoms with Gasteiger partial charge in [-0.15, -0.1) is 11.3 Å². The van der Waals surface area contributed by atoms with Crippen molar-refractivity contribution >= 4 is 38.8 Å². The standard InChI is InChI=1S/C8H10N2O5S2/c1-3-4-5(6(16-3)7(11)15-2)10-8(9-4)17(12,13)14/h8-10H,1-2H3,(H,12,13,14). The third-order valence-corrected chi connectivity index (χ3v) is 4.22. The van der Waals surface area contributed by atoms with E-state index in [9.17, 15) is 13.2 Å². The predicted octanol–water partition coefficient (Wildman–Crippen LogP) is 0.852. The lowest BCUT2D eigenvalue weighted by Crippen LogP contribution is -2.32. The molecule has 1 aromatic rings. The molecule has 1 aliphatic heterocycles. The van der Waals surface area contributed by atoms with E-state index in [2.05, 4.69) is 15.4 Å². The van der Waals surface area contributed by atoms with E-state index in [1.54, 1.807) is 6.92 Å². The lowest BCUT2D eigenvalue weighted by atomic mass is 10.3. The third-order valence-electron chi connectivity index (χ3n) is 2.30. The summed E-state index contributed by atoms with van der Waals surface area (Å²) in [5.74, 6) is -0.551. The average molecular weight is 278 g/mol. The Morgan fingerprint density at radius 2 is 2.00 bits per heavy atom. The molecule has 17 heavy (non-hydrogen) atoms. The third kappa shape index (κ3) is 1.96. The molecule has 7 nitrogen and oxygen atoms in total. The van der Waals surface area contributed by atoms with E-state index in [-0.39, 0.29) is 4.88 Å². The maximum Gasteiger partial charge on any atom is 0.350 e. The Labute approximate surface area is 102 Å². The van der Waals surface area contributed by atoms with Crippen LogP contribution >= 0.6 is 11.3 Å². The Balaban J connectivity index is 2.42. The summed E-state index contributed by atoms with van der Waals surface area (Å²) in [6.45, 7) is 1.73. The molecule has 94 valence electrons. The Kier molecular flexibility index (Phi) is 2.76. The van der Waals surface area contributed by atoms with Gasteiger partial charge >= 0.3 is 16.1 Å². The summed E-state index contributed by atoms with van der Waals surface area (Å²) in [5.41, 5.74) is -0.483. The van der Waals surface area contributed by atoms with Gasteiger partial charge in [0.05, 0.1) is 18.5 Å². The SMILES string of the molecule is COC(=O)c1sc(C)c2c1NC(S(=O)(=O)O)N2. The topological polar surface area (TPSA) is 105 Å². The Hall–Kier alpha value is -1.32. The summed E-state index contributed by atoms with van der Waals surface area (Å²) in [7, 11) is -3.03. The smallest absolute Gasteiger partial charge is 0.350 e. The van der Waals surface area contributed by atoms with E-state index in [1.165, 1.54) is 18.4 Å². The molecule has 1 aromatic heterocycles. The van der Waals surface area contributed by atoms with Crippen molar-refractivity contribution in [2.75, 3.05) is 17.7 Å². The minimum Gasteiger partial charge on any atom is -0.465 e. The van der Waals surface area contributed by atoms with Gasteiger partial charge < -0.3 is 15.4 Å². The number of hydrogen-bond acceptors (Lipinski definition) is 7. The molecule has 0 amide bonds. The van der Waals surface area contributed by atoms with Gasteiger partial charge in [-0.2, -0.15) is 8.42 Å². The zero-order valence-corrected chi connectivity index (χ0v) is 10.6. The average Bonchev–Trinajstić information content (AvgIpc) is 2.78. The number of esters is 1. The van der Waals surface area contributed by atoms with Gasteiger partial charge in [-0.05, 0) is 6.92 Å². The van der Waals surface area contributed by atoms with E-state index >= 15 is 0 Å². The van der Waals surface area contributed by atoms with Gasteiger partial charge in [0.1, 0.15) is 4.88 Å². The number of carbonyl (C=O) groups excluding carboxylic acids is 1. The van der Waals surface area contributed by atoms with Gasteiger partial charge in [0.25, 0.3) is 0 Å².